The first-order valence-electron chi connectivity index (χ1n) is 7.34. The van der Waals surface area contributed by atoms with Crippen LogP contribution in [0.4, 0.5) is 11.6 Å². The van der Waals surface area contributed by atoms with Gasteiger partial charge in [-0.3, -0.25) is 0 Å². The lowest BCUT2D eigenvalue weighted by atomic mass is 10.1. The molecule has 6 heteroatoms. The van der Waals surface area contributed by atoms with Gasteiger partial charge in [0.1, 0.15) is 5.82 Å². The largest absolute Gasteiger partial charge is 0.382 e. The Hall–Kier alpha value is -3.33. The van der Waals surface area contributed by atoms with Gasteiger partial charge in [0.25, 0.3) is 0 Å². The molecule has 3 aromatic rings. The van der Waals surface area contributed by atoms with Crippen molar-refractivity contribution in [3.63, 3.8) is 0 Å². The molecule has 1 aliphatic heterocycles. The van der Waals surface area contributed by atoms with Crippen molar-refractivity contribution < 1.29 is 0 Å². The highest BCUT2D eigenvalue weighted by atomic mass is 15.3. The fraction of sp³-hybridized carbons (Fsp3) is 0.118. The second-order valence-corrected chi connectivity index (χ2v) is 5.40. The minimum absolute atomic E-state index is 0.441. The Labute approximate surface area is 133 Å². The lowest BCUT2D eigenvalue weighted by Gasteiger charge is -2.06. The molecule has 0 fully saturated rings. The minimum Gasteiger partial charge on any atom is -0.382 e. The van der Waals surface area contributed by atoms with E-state index in [0.29, 0.717) is 11.4 Å². The van der Waals surface area contributed by atoms with Gasteiger partial charge in [0.2, 0.25) is 0 Å². The maximum Gasteiger partial charge on any atom is 0.153 e. The highest BCUT2D eigenvalue weighted by Crippen LogP contribution is 2.30. The fourth-order valence-corrected chi connectivity index (χ4v) is 2.89. The molecule has 0 aliphatic carbocycles. The van der Waals surface area contributed by atoms with Crippen LogP contribution in [0.1, 0.15) is 11.1 Å². The first-order chi connectivity index (χ1) is 11.3. The number of hydrogen-bond donors (Lipinski definition) is 2. The van der Waals surface area contributed by atoms with Crippen LogP contribution in [0.3, 0.4) is 0 Å². The van der Waals surface area contributed by atoms with Crippen molar-refractivity contribution in [2.75, 3.05) is 17.6 Å². The fourth-order valence-electron chi connectivity index (χ4n) is 2.89. The van der Waals surface area contributed by atoms with Crippen molar-refractivity contribution in [3.05, 3.63) is 53.9 Å². The molecular formula is C17H14N6. The standard InChI is InChI=1S/C17H14N6/c18-9-11-2-1-3-12(8-11)14-10-23(22-16(14)19)15-5-7-21-17-13(15)4-6-20-17/h1-3,5,7-8,10H,4,6H2,(H2,19,22)(H,20,21). The summed E-state index contributed by atoms with van der Waals surface area (Å²) in [7, 11) is 0. The summed E-state index contributed by atoms with van der Waals surface area (Å²) in [5, 5.41) is 16.8. The van der Waals surface area contributed by atoms with Crippen molar-refractivity contribution in [1.29, 1.82) is 5.26 Å². The molecule has 4 rings (SSSR count). The number of nitrogens with two attached hydrogens (primary N) is 1. The lowest BCUT2D eigenvalue weighted by molar-refractivity contribution is 0.869. The number of nitrogens with zero attached hydrogens (tertiary/aromatic N) is 4. The Morgan fingerprint density at radius 2 is 2.22 bits per heavy atom. The molecule has 2 aromatic heterocycles. The van der Waals surface area contributed by atoms with Crippen LogP contribution in [0, 0.1) is 11.3 Å². The molecule has 112 valence electrons. The second kappa shape index (κ2) is 5.14. The van der Waals surface area contributed by atoms with Gasteiger partial charge in [0.05, 0.1) is 17.3 Å². The van der Waals surface area contributed by atoms with Gasteiger partial charge in [0.15, 0.2) is 5.82 Å². The highest BCUT2D eigenvalue weighted by Gasteiger charge is 2.18. The summed E-state index contributed by atoms with van der Waals surface area (Å²) >= 11 is 0. The first kappa shape index (κ1) is 13.3. The van der Waals surface area contributed by atoms with Crippen LogP contribution in [-0.2, 0) is 6.42 Å². The van der Waals surface area contributed by atoms with Gasteiger partial charge in [-0.2, -0.15) is 10.4 Å². The molecule has 1 aromatic carbocycles. The number of fused-ring (bicyclic) bond motifs is 1. The van der Waals surface area contributed by atoms with Gasteiger partial charge in [-0.1, -0.05) is 12.1 Å². The topological polar surface area (TPSA) is 92.5 Å². The van der Waals surface area contributed by atoms with Gasteiger partial charge < -0.3 is 11.1 Å². The Morgan fingerprint density at radius 1 is 1.30 bits per heavy atom. The molecule has 23 heavy (non-hydrogen) atoms. The van der Waals surface area contributed by atoms with Crippen LogP contribution in [0.2, 0.25) is 0 Å². The summed E-state index contributed by atoms with van der Waals surface area (Å²) in [6, 6.07) is 11.4. The first-order valence-corrected chi connectivity index (χ1v) is 7.34. The van der Waals surface area contributed by atoms with E-state index in [0.717, 1.165) is 41.2 Å². The zero-order valence-electron chi connectivity index (χ0n) is 12.3. The molecule has 3 N–H and O–H groups in total. The predicted molar refractivity (Wildman–Crippen MR) is 88.1 cm³/mol. The van der Waals surface area contributed by atoms with E-state index in [1.54, 1.807) is 16.9 Å². The molecule has 0 radical (unpaired) electrons. The molecule has 0 saturated carbocycles. The smallest absolute Gasteiger partial charge is 0.153 e. The lowest BCUT2D eigenvalue weighted by Crippen LogP contribution is -2.00. The van der Waals surface area contributed by atoms with Gasteiger partial charge in [0, 0.05) is 30.1 Å². The Bertz CT molecular complexity index is 934. The number of rotatable bonds is 2. The zero-order chi connectivity index (χ0) is 15.8. The molecule has 3 heterocycles. The van der Waals surface area contributed by atoms with Crippen LogP contribution in [-0.4, -0.2) is 21.3 Å². The van der Waals surface area contributed by atoms with Crippen molar-refractivity contribution in [1.82, 2.24) is 14.8 Å². The van der Waals surface area contributed by atoms with E-state index in [9.17, 15) is 0 Å². The van der Waals surface area contributed by atoms with Crippen LogP contribution in [0.15, 0.2) is 42.7 Å². The molecular weight excluding hydrogens is 288 g/mol. The zero-order valence-corrected chi connectivity index (χ0v) is 12.3. The molecule has 0 atom stereocenters. The Kier molecular flexibility index (Phi) is 2.98. The number of pyridine rings is 1. The highest BCUT2D eigenvalue weighted by molar-refractivity contribution is 5.75. The van der Waals surface area contributed by atoms with Gasteiger partial charge in [-0.05, 0) is 30.2 Å². The van der Waals surface area contributed by atoms with E-state index in [4.69, 9.17) is 11.0 Å². The van der Waals surface area contributed by atoms with Crippen LogP contribution < -0.4 is 11.1 Å². The third kappa shape index (κ3) is 2.19. The molecule has 0 amide bonds. The average Bonchev–Trinajstić information content (AvgIpc) is 3.21. The number of nitrogen functional groups attached to an aromatic ring is 1. The van der Waals surface area contributed by atoms with E-state index in [1.165, 1.54) is 0 Å². The summed E-state index contributed by atoms with van der Waals surface area (Å²) < 4.78 is 1.79. The van der Waals surface area contributed by atoms with Crippen LogP contribution in [0.25, 0.3) is 16.8 Å². The summed E-state index contributed by atoms with van der Waals surface area (Å²) in [5.74, 6) is 1.35. The van der Waals surface area contributed by atoms with Gasteiger partial charge >= 0.3 is 0 Å². The average molecular weight is 302 g/mol. The van der Waals surface area contributed by atoms with Crippen LogP contribution >= 0.6 is 0 Å². The van der Waals surface area contributed by atoms with Gasteiger partial charge in [-0.15, -0.1) is 0 Å². The molecule has 0 bridgehead atoms. The number of hydrogen-bond acceptors (Lipinski definition) is 5. The number of anilines is 2. The quantitative estimate of drug-likeness (QED) is 0.758. The molecule has 6 nitrogen and oxygen atoms in total. The van der Waals surface area contributed by atoms with E-state index in [-0.39, 0.29) is 0 Å². The van der Waals surface area contributed by atoms with E-state index in [1.807, 2.05) is 30.5 Å². The van der Waals surface area contributed by atoms with E-state index >= 15 is 0 Å². The monoisotopic (exact) mass is 302 g/mol. The van der Waals surface area contributed by atoms with Crippen molar-refractivity contribution >= 4 is 11.6 Å². The molecule has 1 aliphatic rings. The number of aromatic nitrogens is 3. The SMILES string of the molecule is N#Cc1cccc(-c2cn(-c3ccnc4c3CCN4)nc2N)c1. The van der Waals surface area contributed by atoms with Crippen molar-refractivity contribution in [2.45, 2.75) is 6.42 Å². The van der Waals surface area contributed by atoms with Crippen molar-refractivity contribution in [2.24, 2.45) is 0 Å². The number of nitrogens with one attached hydrogen (secondary N) is 1. The normalized spacial score (nSPS) is 12.5. The maximum atomic E-state index is 9.05. The number of nitriles is 1. The summed E-state index contributed by atoms with van der Waals surface area (Å²) in [6.45, 7) is 0.882. The van der Waals surface area contributed by atoms with E-state index in [2.05, 4.69) is 21.5 Å². The molecule has 0 unspecified atom stereocenters. The Morgan fingerprint density at radius 3 is 3.09 bits per heavy atom. The molecule has 0 spiro atoms. The summed E-state index contributed by atoms with van der Waals surface area (Å²) in [4.78, 5) is 4.34. The minimum atomic E-state index is 0.441. The maximum absolute atomic E-state index is 9.05. The third-order valence-electron chi connectivity index (χ3n) is 3.99. The van der Waals surface area contributed by atoms with Crippen molar-refractivity contribution in [3.8, 4) is 22.9 Å². The Balaban J connectivity index is 1.82. The second-order valence-electron chi connectivity index (χ2n) is 5.40. The summed E-state index contributed by atoms with van der Waals surface area (Å²) in [5.41, 5.74) is 10.5. The predicted octanol–water partition coefficient (Wildman–Crippen LogP) is 2.36. The molecule has 0 saturated heterocycles. The summed E-state index contributed by atoms with van der Waals surface area (Å²) in [6.07, 6.45) is 4.58. The van der Waals surface area contributed by atoms with E-state index < -0.39 is 0 Å². The third-order valence-corrected chi connectivity index (χ3v) is 3.99. The number of benzene rings is 1. The van der Waals surface area contributed by atoms with Gasteiger partial charge in [-0.25, -0.2) is 9.67 Å². The van der Waals surface area contributed by atoms with Crippen LogP contribution in [0.5, 0.6) is 0 Å².